The van der Waals surface area contributed by atoms with Gasteiger partial charge in [-0.3, -0.25) is 14.6 Å². The maximum absolute atomic E-state index is 11.9. The molecule has 0 atom stereocenters. The Labute approximate surface area is 170 Å². The molecule has 28 heavy (non-hydrogen) atoms. The van der Waals surface area contributed by atoms with Crippen LogP contribution in [0.15, 0.2) is 29.9 Å². The molecule has 0 unspecified atom stereocenters. The minimum atomic E-state index is -0.131. The Morgan fingerprint density at radius 3 is 2.64 bits per heavy atom. The van der Waals surface area contributed by atoms with Crippen molar-refractivity contribution in [2.75, 3.05) is 13.1 Å². The van der Waals surface area contributed by atoms with Gasteiger partial charge >= 0.3 is 0 Å². The first-order valence-electron chi connectivity index (χ1n) is 10.1. The number of rotatable bonds is 9. The highest BCUT2D eigenvalue weighted by molar-refractivity contribution is 7.09. The Hall–Kier alpha value is -2.28. The lowest BCUT2D eigenvalue weighted by Crippen LogP contribution is -2.38. The first-order chi connectivity index (χ1) is 13.7. The summed E-state index contributed by atoms with van der Waals surface area (Å²) in [5, 5.41) is 8.71. The van der Waals surface area contributed by atoms with Gasteiger partial charge in [0.1, 0.15) is 0 Å². The van der Waals surface area contributed by atoms with Crippen LogP contribution in [0.4, 0.5) is 0 Å². The van der Waals surface area contributed by atoms with E-state index in [1.807, 2.05) is 17.5 Å². The predicted molar refractivity (Wildman–Crippen MR) is 111 cm³/mol. The van der Waals surface area contributed by atoms with E-state index in [2.05, 4.69) is 20.6 Å². The van der Waals surface area contributed by atoms with Gasteiger partial charge in [0.2, 0.25) is 11.8 Å². The van der Waals surface area contributed by atoms with E-state index in [4.69, 9.17) is 0 Å². The van der Waals surface area contributed by atoms with Gasteiger partial charge in [0, 0.05) is 42.7 Å². The van der Waals surface area contributed by atoms with Gasteiger partial charge in [0.15, 0.2) is 0 Å². The molecule has 150 valence electrons. The van der Waals surface area contributed by atoms with Crippen molar-refractivity contribution in [3.05, 3.63) is 34.9 Å². The summed E-state index contributed by atoms with van der Waals surface area (Å²) in [6.07, 6.45) is 11.7. The number of thiazole rings is 1. The van der Waals surface area contributed by atoms with Crippen LogP contribution in [0.3, 0.4) is 0 Å². The summed E-state index contributed by atoms with van der Waals surface area (Å²) in [5.41, 5.74) is 2.03. The molecule has 0 saturated heterocycles. The van der Waals surface area contributed by atoms with Gasteiger partial charge in [-0.1, -0.05) is 19.3 Å². The van der Waals surface area contributed by atoms with Crippen molar-refractivity contribution < 1.29 is 9.59 Å². The zero-order chi connectivity index (χ0) is 19.6. The maximum atomic E-state index is 11.9. The van der Waals surface area contributed by atoms with Crippen LogP contribution in [0.2, 0.25) is 0 Å². The third-order valence-corrected chi connectivity index (χ3v) is 5.97. The first kappa shape index (κ1) is 20.5. The van der Waals surface area contributed by atoms with Crippen molar-refractivity contribution in [1.82, 2.24) is 20.6 Å². The number of aromatic nitrogens is 2. The van der Waals surface area contributed by atoms with E-state index in [9.17, 15) is 9.59 Å². The molecule has 2 heterocycles. The highest BCUT2D eigenvalue weighted by Crippen LogP contribution is 2.26. The van der Waals surface area contributed by atoms with E-state index in [0.717, 1.165) is 41.9 Å². The smallest absolute Gasteiger partial charge is 0.239 e. The molecule has 3 rings (SSSR count). The van der Waals surface area contributed by atoms with E-state index in [-0.39, 0.29) is 18.4 Å². The van der Waals surface area contributed by atoms with Crippen LogP contribution >= 0.6 is 11.3 Å². The SMILES string of the molecule is O=C(CNC(=O)CC1CCCCC1)NCCCc1nc(-c2ccncc2)cs1. The highest BCUT2D eigenvalue weighted by atomic mass is 32.1. The monoisotopic (exact) mass is 400 g/mol. The second-order valence-electron chi connectivity index (χ2n) is 7.30. The van der Waals surface area contributed by atoms with Gasteiger partial charge in [-0.25, -0.2) is 4.98 Å². The lowest BCUT2D eigenvalue weighted by Gasteiger charge is -2.20. The molecule has 0 aromatic carbocycles. The van der Waals surface area contributed by atoms with Crippen LogP contribution in [0.5, 0.6) is 0 Å². The lowest BCUT2D eigenvalue weighted by atomic mass is 9.87. The fraction of sp³-hybridized carbons (Fsp3) is 0.524. The van der Waals surface area contributed by atoms with E-state index in [1.54, 1.807) is 23.7 Å². The minimum absolute atomic E-state index is 0.00604. The molecule has 1 fully saturated rings. The topological polar surface area (TPSA) is 84.0 Å². The summed E-state index contributed by atoms with van der Waals surface area (Å²) in [6.45, 7) is 0.649. The molecule has 1 aliphatic rings. The summed E-state index contributed by atoms with van der Waals surface area (Å²) in [7, 11) is 0. The molecule has 0 bridgehead atoms. The summed E-state index contributed by atoms with van der Waals surface area (Å²) in [5.74, 6) is 0.356. The molecule has 2 aromatic rings. The van der Waals surface area contributed by atoms with Crippen molar-refractivity contribution in [3.8, 4) is 11.3 Å². The number of carbonyl (C=O) groups is 2. The number of hydrogen-bond donors (Lipinski definition) is 2. The Bertz CT molecular complexity index is 757. The Balaban J connectivity index is 1.28. The molecule has 2 amide bonds. The van der Waals surface area contributed by atoms with Crippen LogP contribution < -0.4 is 10.6 Å². The molecule has 7 heteroatoms. The molecule has 2 aromatic heterocycles. The van der Waals surface area contributed by atoms with E-state index in [0.29, 0.717) is 18.9 Å². The fourth-order valence-corrected chi connectivity index (χ4v) is 4.37. The highest BCUT2D eigenvalue weighted by Gasteiger charge is 2.17. The molecule has 0 radical (unpaired) electrons. The van der Waals surface area contributed by atoms with Crippen LogP contribution in [-0.2, 0) is 16.0 Å². The molecule has 1 aliphatic carbocycles. The van der Waals surface area contributed by atoms with E-state index >= 15 is 0 Å². The Morgan fingerprint density at radius 2 is 1.86 bits per heavy atom. The number of carbonyl (C=O) groups excluding carboxylic acids is 2. The molecule has 6 nitrogen and oxygen atoms in total. The van der Waals surface area contributed by atoms with Crippen LogP contribution in [0.1, 0.15) is 50.0 Å². The fourth-order valence-electron chi connectivity index (χ4n) is 3.52. The maximum Gasteiger partial charge on any atom is 0.239 e. The van der Waals surface area contributed by atoms with Gasteiger partial charge in [-0.15, -0.1) is 11.3 Å². The van der Waals surface area contributed by atoms with Gasteiger partial charge in [0.25, 0.3) is 0 Å². The molecule has 1 saturated carbocycles. The zero-order valence-corrected chi connectivity index (χ0v) is 17.0. The van der Waals surface area contributed by atoms with Crippen molar-refractivity contribution in [1.29, 1.82) is 0 Å². The summed E-state index contributed by atoms with van der Waals surface area (Å²) >= 11 is 1.63. The Kier molecular flexibility index (Phi) is 7.96. The van der Waals surface area contributed by atoms with Gasteiger partial charge in [-0.05, 0) is 37.3 Å². The van der Waals surface area contributed by atoms with Crippen molar-refractivity contribution in [2.24, 2.45) is 5.92 Å². The van der Waals surface area contributed by atoms with Gasteiger partial charge in [-0.2, -0.15) is 0 Å². The van der Waals surface area contributed by atoms with Crippen molar-refractivity contribution in [2.45, 2.75) is 51.4 Å². The third kappa shape index (κ3) is 6.71. The number of nitrogens with zero attached hydrogens (tertiary/aromatic N) is 2. The van der Waals surface area contributed by atoms with Gasteiger partial charge in [0.05, 0.1) is 17.2 Å². The number of hydrogen-bond acceptors (Lipinski definition) is 5. The van der Waals surface area contributed by atoms with Crippen LogP contribution in [-0.4, -0.2) is 34.9 Å². The predicted octanol–water partition coefficient (Wildman–Crippen LogP) is 3.34. The van der Waals surface area contributed by atoms with Crippen LogP contribution in [0, 0.1) is 5.92 Å². The van der Waals surface area contributed by atoms with E-state index in [1.165, 1.54) is 19.3 Å². The normalized spacial score (nSPS) is 14.6. The average Bonchev–Trinajstić information content (AvgIpc) is 3.20. The minimum Gasteiger partial charge on any atom is -0.355 e. The van der Waals surface area contributed by atoms with Crippen molar-refractivity contribution >= 4 is 23.2 Å². The average molecular weight is 401 g/mol. The van der Waals surface area contributed by atoms with Crippen LogP contribution in [0.25, 0.3) is 11.3 Å². The molecular weight excluding hydrogens is 372 g/mol. The number of aryl methyl sites for hydroxylation is 1. The molecule has 0 spiro atoms. The largest absolute Gasteiger partial charge is 0.355 e. The second-order valence-corrected chi connectivity index (χ2v) is 8.24. The quantitative estimate of drug-likeness (QED) is 0.632. The van der Waals surface area contributed by atoms with Crippen molar-refractivity contribution in [3.63, 3.8) is 0 Å². The summed E-state index contributed by atoms with van der Waals surface area (Å²) in [4.78, 5) is 32.5. The number of pyridine rings is 1. The Morgan fingerprint density at radius 1 is 1.07 bits per heavy atom. The third-order valence-electron chi connectivity index (χ3n) is 5.06. The summed E-state index contributed by atoms with van der Waals surface area (Å²) < 4.78 is 0. The number of nitrogens with one attached hydrogen (secondary N) is 2. The molecule has 2 N–H and O–H groups in total. The molecule has 0 aliphatic heterocycles. The first-order valence-corrected chi connectivity index (χ1v) is 11.0. The van der Waals surface area contributed by atoms with E-state index < -0.39 is 0 Å². The number of amides is 2. The summed E-state index contributed by atoms with van der Waals surface area (Å²) in [6, 6.07) is 3.89. The van der Waals surface area contributed by atoms with Gasteiger partial charge < -0.3 is 10.6 Å². The second kappa shape index (κ2) is 10.9. The molecular formula is C21H28N4O2S. The standard InChI is InChI=1S/C21H28N4O2S/c26-19(13-16-5-2-1-3-6-16)24-14-20(27)23-10-4-7-21-25-18(15-28-21)17-8-11-22-12-9-17/h8-9,11-12,15-16H,1-7,10,13-14H2,(H,23,27)(H,24,26). The lowest BCUT2D eigenvalue weighted by molar-refractivity contribution is -0.126. The zero-order valence-electron chi connectivity index (χ0n) is 16.2.